The van der Waals surface area contributed by atoms with E-state index in [0.29, 0.717) is 47.4 Å². The zero-order valence-corrected chi connectivity index (χ0v) is 19.5. The highest BCUT2D eigenvalue weighted by atomic mass is 19.3. The summed E-state index contributed by atoms with van der Waals surface area (Å²) >= 11 is 0. The number of rotatable bonds is 7. The standard InChI is InChI=1S/C23H33F2N7O/c1-15-19(31-10-4-9-23(24,25)14-31)8-7-18(28-15)21(26)20(30(3)27)13-32-12-17(11-16-5-6-16)29(2)22(32)33/h7-8,12,16H,4-6,9-11,13-14,26-27H2,1-3H3/b21-20-. The van der Waals surface area contributed by atoms with Crippen LogP contribution < -0.4 is 22.2 Å². The van der Waals surface area contributed by atoms with Crippen molar-refractivity contribution in [3.63, 3.8) is 0 Å². The predicted octanol–water partition coefficient (Wildman–Crippen LogP) is 2.21. The van der Waals surface area contributed by atoms with Gasteiger partial charge in [-0.2, -0.15) is 0 Å². The number of likely N-dealkylation sites (N-methyl/N-ethyl adjacent to an activating group) is 1. The Bertz CT molecular complexity index is 1110. The fourth-order valence-corrected chi connectivity index (χ4v) is 4.46. The third-order valence-electron chi connectivity index (χ3n) is 6.59. The van der Waals surface area contributed by atoms with Gasteiger partial charge in [-0.25, -0.2) is 24.4 Å². The quantitative estimate of drug-likeness (QED) is 0.485. The third kappa shape index (κ3) is 5.05. The number of imidazole rings is 1. The molecular weight excluding hydrogens is 428 g/mol. The van der Waals surface area contributed by atoms with Crippen molar-refractivity contribution in [2.45, 2.75) is 51.5 Å². The molecule has 1 saturated carbocycles. The summed E-state index contributed by atoms with van der Waals surface area (Å²) in [5, 5.41) is 1.39. The van der Waals surface area contributed by atoms with E-state index in [-0.39, 0.29) is 25.2 Å². The minimum Gasteiger partial charge on any atom is -0.395 e. The number of pyridine rings is 1. The monoisotopic (exact) mass is 461 g/mol. The van der Waals surface area contributed by atoms with Gasteiger partial charge in [-0.05, 0) is 50.7 Å². The lowest BCUT2D eigenvalue weighted by Crippen LogP contribution is -2.43. The number of hydrazine groups is 1. The molecule has 3 heterocycles. The number of nitrogens with zero attached hydrogens (tertiary/aromatic N) is 5. The molecule has 1 aliphatic heterocycles. The number of nitrogens with two attached hydrogens (primary N) is 2. The van der Waals surface area contributed by atoms with Crippen molar-refractivity contribution in [3.05, 3.63) is 51.6 Å². The Morgan fingerprint density at radius 1 is 1.33 bits per heavy atom. The molecule has 8 nitrogen and oxygen atoms in total. The largest absolute Gasteiger partial charge is 0.395 e. The first-order valence-electron chi connectivity index (χ1n) is 11.4. The molecule has 4 rings (SSSR count). The Morgan fingerprint density at radius 3 is 2.67 bits per heavy atom. The second-order valence-electron chi connectivity index (χ2n) is 9.39. The third-order valence-corrected chi connectivity index (χ3v) is 6.59. The molecule has 4 N–H and O–H groups in total. The van der Waals surface area contributed by atoms with Gasteiger partial charge in [0.1, 0.15) is 0 Å². The molecule has 0 unspecified atom stereocenters. The molecule has 0 radical (unpaired) electrons. The van der Waals surface area contributed by atoms with Gasteiger partial charge >= 0.3 is 5.69 Å². The van der Waals surface area contributed by atoms with Gasteiger partial charge in [0.05, 0.1) is 41.6 Å². The Labute approximate surface area is 192 Å². The fraction of sp³-hybridized carbons (Fsp3) is 0.565. The van der Waals surface area contributed by atoms with Crippen molar-refractivity contribution in [1.82, 2.24) is 19.1 Å². The van der Waals surface area contributed by atoms with Gasteiger partial charge in [-0.1, -0.05) is 0 Å². The Balaban J connectivity index is 1.61. The lowest BCUT2D eigenvalue weighted by atomic mass is 10.1. The van der Waals surface area contributed by atoms with Gasteiger partial charge in [-0.3, -0.25) is 9.13 Å². The topological polar surface area (TPSA) is 98.3 Å². The number of hydrogen-bond acceptors (Lipinski definition) is 6. The van der Waals surface area contributed by atoms with Crippen LogP contribution in [-0.2, 0) is 20.0 Å². The number of piperidine rings is 1. The van der Waals surface area contributed by atoms with E-state index in [4.69, 9.17) is 11.6 Å². The second kappa shape index (κ2) is 8.81. The van der Waals surface area contributed by atoms with Crippen molar-refractivity contribution in [2.24, 2.45) is 24.5 Å². The summed E-state index contributed by atoms with van der Waals surface area (Å²) in [6, 6.07) is 3.50. The average Bonchev–Trinajstić information content (AvgIpc) is 3.53. The van der Waals surface area contributed by atoms with Crippen LogP contribution >= 0.6 is 0 Å². The van der Waals surface area contributed by atoms with Crippen molar-refractivity contribution in [1.29, 1.82) is 0 Å². The molecule has 1 saturated heterocycles. The highest BCUT2D eigenvalue weighted by Gasteiger charge is 2.35. The van der Waals surface area contributed by atoms with Crippen LogP contribution in [0.3, 0.4) is 0 Å². The van der Waals surface area contributed by atoms with E-state index in [1.807, 2.05) is 6.20 Å². The summed E-state index contributed by atoms with van der Waals surface area (Å²) in [5.74, 6) is 4.04. The van der Waals surface area contributed by atoms with E-state index in [0.717, 1.165) is 12.1 Å². The van der Waals surface area contributed by atoms with Gasteiger partial charge in [0.2, 0.25) is 0 Å². The smallest absolute Gasteiger partial charge is 0.328 e. The van der Waals surface area contributed by atoms with Crippen LogP contribution in [0.4, 0.5) is 14.5 Å². The molecule has 2 aliphatic rings. The fourth-order valence-electron chi connectivity index (χ4n) is 4.46. The number of halogens is 2. The molecule has 0 aromatic carbocycles. The van der Waals surface area contributed by atoms with E-state index >= 15 is 0 Å². The van der Waals surface area contributed by atoms with E-state index in [9.17, 15) is 13.6 Å². The van der Waals surface area contributed by atoms with Gasteiger partial charge in [-0.15, -0.1) is 0 Å². The highest BCUT2D eigenvalue weighted by molar-refractivity contribution is 5.65. The number of aryl methyl sites for hydroxylation is 1. The molecule has 180 valence electrons. The number of anilines is 1. The molecule has 0 bridgehead atoms. The SMILES string of the molecule is Cc1nc(/C(N)=C(\Cn2cc(CC3CC3)n(C)c2=O)N(C)N)ccc1N1CCCC(F)(F)C1. The van der Waals surface area contributed by atoms with Crippen LogP contribution in [0.5, 0.6) is 0 Å². The van der Waals surface area contributed by atoms with Crippen LogP contribution in [0.2, 0.25) is 0 Å². The maximum absolute atomic E-state index is 13.9. The minimum absolute atomic E-state index is 0.0861. The first-order chi connectivity index (χ1) is 15.6. The predicted molar refractivity (Wildman–Crippen MR) is 125 cm³/mol. The molecule has 1 aliphatic carbocycles. The molecule has 33 heavy (non-hydrogen) atoms. The molecule has 0 atom stereocenters. The Morgan fingerprint density at radius 2 is 2.06 bits per heavy atom. The summed E-state index contributed by atoms with van der Waals surface area (Å²) in [6.07, 6.45) is 5.53. The van der Waals surface area contributed by atoms with Crippen molar-refractivity contribution in [2.75, 3.05) is 25.0 Å². The van der Waals surface area contributed by atoms with Gasteiger partial charge in [0.15, 0.2) is 0 Å². The number of alkyl halides is 2. The van der Waals surface area contributed by atoms with Crippen LogP contribution in [0.15, 0.2) is 28.8 Å². The summed E-state index contributed by atoms with van der Waals surface area (Å²) in [5.41, 5.74) is 10.0. The maximum atomic E-state index is 13.9. The van der Waals surface area contributed by atoms with Crippen molar-refractivity contribution < 1.29 is 8.78 Å². The van der Waals surface area contributed by atoms with Crippen LogP contribution in [0.1, 0.15) is 42.8 Å². The zero-order valence-electron chi connectivity index (χ0n) is 19.5. The lowest BCUT2D eigenvalue weighted by molar-refractivity contribution is -0.0117. The molecule has 0 amide bonds. The molecule has 2 fully saturated rings. The van der Waals surface area contributed by atoms with Crippen molar-refractivity contribution >= 4 is 11.4 Å². The van der Waals surface area contributed by atoms with E-state index in [1.165, 1.54) is 17.9 Å². The summed E-state index contributed by atoms with van der Waals surface area (Å²) in [6.45, 7) is 2.25. The average molecular weight is 462 g/mol. The number of aromatic nitrogens is 3. The number of hydrogen-bond donors (Lipinski definition) is 2. The number of allylic oxidation sites excluding steroid dienone is 1. The lowest BCUT2D eigenvalue weighted by Gasteiger charge is -2.34. The van der Waals surface area contributed by atoms with E-state index in [1.54, 1.807) is 47.2 Å². The van der Waals surface area contributed by atoms with Gasteiger partial charge in [0, 0.05) is 39.0 Å². The molecule has 0 spiro atoms. The summed E-state index contributed by atoms with van der Waals surface area (Å²) < 4.78 is 31.0. The molecule has 2 aromatic heterocycles. The van der Waals surface area contributed by atoms with Crippen LogP contribution in [-0.4, -0.2) is 45.2 Å². The van der Waals surface area contributed by atoms with Crippen molar-refractivity contribution in [3.8, 4) is 0 Å². The van der Waals surface area contributed by atoms with E-state index in [2.05, 4.69) is 4.98 Å². The summed E-state index contributed by atoms with van der Waals surface area (Å²) in [7, 11) is 3.45. The Kier molecular flexibility index (Phi) is 6.22. The molecule has 10 heteroatoms. The molecule has 2 aromatic rings. The van der Waals surface area contributed by atoms with Gasteiger partial charge < -0.3 is 15.6 Å². The first-order valence-corrected chi connectivity index (χ1v) is 11.4. The Hall–Kier alpha value is -2.88. The van der Waals surface area contributed by atoms with Crippen LogP contribution in [0, 0.1) is 12.8 Å². The highest BCUT2D eigenvalue weighted by Crippen LogP contribution is 2.33. The van der Waals surface area contributed by atoms with E-state index < -0.39 is 5.92 Å². The maximum Gasteiger partial charge on any atom is 0.328 e. The van der Waals surface area contributed by atoms with Gasteiger partial charge in [0.25, 0.3) is 5.92 Å². The zero-order chi connectivity index (χ0) is 23.9. The normalized spacial score (nSPS) is 18.9. The molecular formula is C23H33F2N7O. The second-order valence-corrected chi connectivity index (χ2v) is 9.39. The minimum atomic E-state index is -2.70. The summed E-state index contributed by atoms with van der Waals surface area (Å²) in [4.78, 5) is 19.0. The first kappa shape index (κ1) is 23.3. The van der Waals surface area contributed by atoms with Crippen LogP contribution in [0.25, 0.3) is 5.70 Å².